The van der Waals surface area contributed by atoms with Gasteiger partial charge in [0.15, 0.2) is 0 Å². The summed E-state index contributed by atoms with van der Waals surface area (Å²) in [5, 5.41) is 11.9. The maximum absolute atomic E-state index is 6.19. The van der Waals surface area contributed by atoms with E-state index in [1.165, 1.54) is 5.56 Å². The SMILES string of the molecule is Clc1ccc(C2CNCCC2NCCNc2ccccc2)cc1Cl. The van der Waals surface area contributed by atoms with Gasteiger partial charge in [-0.2, -0.15) is 0 Å². The molecule has 0 aliphatic carbocycles. The van der Waals surface area contributed by atoms with Crippen LogP contribution in [0.25, 0.3) is 0 Å². The Morgan fingerprint density at radius 2 is 1.83 bits per heavy atom. The first kappa shape index (κ1) is 17.6. The molecule has 5 heteroatoms. The molecule has 1 heterocycles. The van der Waals surface area contributed by atoms with Gasteiger partial charge in [0.05, 0.1) is 10.0 Å². The number of halogens is 2. The van der Waals surface area contributed by atoms with E-state index in [0.717, 1.165) is 38.3 Å². The van der Waals surface area contributed by atoms with Crippen LogP contribution in [0.1, 0.15) is 17.9 Å². The number of nitrogens with one attached hydrogen (secondary N) is 3. The lowest BCUT2D eigenvalue weighted by molar-refractivity contribution is 0.346. The summed E-state index contributed by atoms with van der Waals surface area (Å²) in [4.78, 5) is 0. The molecule has 1 fully saturated rings. The molecule has 1 aliphatic rings. The summed E-state index contributed by atoms with van der Waals surface area (Å²) in [6.45, 7) is 3.84. The maximum Gasteiger partial charge on any atom is 0.0595 e. The molecule has 2 unspecified atom stereocenters. The van der Waals surface area contributed by atoms with Gasteiger partial charge < -0.3 is 16.0 Å². The zero-order valence-corrected chi connectivity index (χ0v) is 15.1. The van der Waals surface area contributed by atoms with Gasteiger partial charge in [-0.3, -0.25) is 0 Å². The van der Waals surface area contributed by atoms with Crippen molar-refractivity contribution < 1.29 is 0 Å². The molecule has 0 bridgehead atoms. The van der Waals surface area contributed by atoms with E-state index in [2.05, 4.69) is 34.1 Å². The van der Waals surface area contributed by atoms with Crippen LogP contribution in [0, 0.1) is 0 Å². The molecule has 0 amide bonds. The van der Waals surface area contributed by atoms with E-state index in [4.69, 9.17) is 23.2 Å². The van der Waals surface area contributed by atoms with Crippen LogP contribution < -0.4 is 16.0 Å². The quantitative estimate of drug-likeness (QED) is 0.675. The maximum atomic E-state index is 6.19. The summed E-state index contributed by atoms with van der Waals surface area (Å²) in [5.41, 5.74) is 2.40. The Kier molecular flexibility index (Phi) is 6.38. The Bertz CT molecular complexity index is 648. The second-order valence-corrected chi connectivity index (χ2v) is 6.94. The molecule has 0 aromatic heterocycles. The normalized spacial score (nSPS) is 20.8. The van der Waals surface area contributed by atoms with Gasteiger partial charge in [0.25, 0.3) is 0 Å². The van der Waals surface area contributed by atoms with E-state index < -0.39 is 0 Å². The first-order valence-electron chi connectivity index (χ1n) is 8.42. The molecule has 2 aromatic rings. The molecule has 128 valence electrons. The van der Waals surface area contributed by atoms with E-state index >= 15 is 0 Å². The van der Waals surface area contributed by atoms with Gasteiger partial charge in [0.2, 0.25) is 0 Å². The number of anilines is 1. The highest BCUT2D eigenvalue weighted by molar-refractivity contribution is 6.42. The molecular formula is C19H23Cl2N3. The predicted octanol–water partition coefficient (Wildman–Crippen LogP) is 4.14. The van der Waals surface area contributed by atoms with E-state index in [-0.39, 0.29) is 0 Å². The Morgan fingerprint density at radius 1 is 1.00 bits per heavy atom. The smallest absolute Gasteiger partial charge is 0.0595 e. The number of para-hydroxylation sites is 1. The minimum absolute atomic E-state index is 0.408. The summed E-state index contributed by atoms with van der Waals surface area (Å²) in [6, 6.07) is 16.7. The van der Waals surface area contributed by atoms with Crippen molar-refractivity contribution in [3.05, 3.63) is 64.1 Å². The first-order valence-corrected chi connectivity index (χ1v) is 9.17. The van der Waals surface area contributed by atoms with E-state index in [9.17, 15) is 0 Å². The van der Waals surface area contributed by atoms with Gasteiger partial charge in [0.1, 0.15) is 0 Å². The zero-order valence-electron chi connectivity index (χ0n) is 13.6. The first-order chi connectivity index (χ1) is 11.7. The van der Waals surface area contributed by atoms with Crippen LogP contribution in [0.5, 0.6) is 0 Å². The molecule has 0 saturated carbocycles. The molecule has 2 aromatic carbocycles. The molecule has 3 rings (SSSR count). The minimum Gasteiger partial charge on any atom is -0.384 e. The van der Waals surface area contributed by atoms with Crippen molar-refractivity contribution in [1.82, 2.24) is 10.6 Å². The fourth-order valence-corrected chi connectivity index (χ4v) is 3.52. The van der Waals surface area contributed by atoms with Crippen molar-refractivity contribution in [1.29, 1.82) is 0 Å². The number of rotatable bonds is 6. The Labute approximate surface area is 153 Å². The Balaban J connectivity index is 1.55. The summed E-state index contributed by atoms with van der Waals surface area (Å²) < 4.78 is 0. The van der Waals surface area contributed by atoms with Crippen molar-refractivity contribution in [3.63, 3.8) is 0 Å². The number of hydrogen-bond donors (Lipinski definition) is 3. The molecule has 24 heavy (non-hydrogen) atoms. The highest BCUT2D eigenvalue weighted by Crippen LogP contribution is 2.29. The zero-order chi connectivity index (χ0) is 16.8. The predicted molar refractivity (Wildman–Crippen MR) is 103 cm³/mol. The molecule has 2 atom stereocenters. The molecule has 0 radical (unpaired) electrons. The average Bonchev–Trinajstić information content (AvgIpc) is 2.62. The lowest BCUT2D eigenvalue weighted by atomic mass is 9.87. The lowest BCUT2D eigenvalue weighted by Crippen LogP contribution is -2.47. The highest BCUT2D eigenvalue weighted by Gasteiger charge is 2.26. The summed E-state index contributed by atoms with van der Waals surface area (Å²) >= 11 is 12.2. The van der Waals surface area contributed by atoms with Crippen LogP contribution in [0.4, 0.5) is 5.69 Å². The second-order valence-electron chi connectivity index (χ2n) is 6.13. The Morgan fingerprint density at radius 3 is 2.62 bits per heavy atom. The fraction of sp³-hybridized carbons (Fsp3) is 0.368. The topological polar surface area (TPSA) is 36.1 Å². The van der Waals surface area contributed by atoms with Crippen LogP contribution in [0.2, 0.25) is 10.0 Å². The van der Waals surface area contributed by atoms with Crippen LogP contribution in [-0.4, -0.2) is 32.2 Å². The van der Waals surface area contributed by atoms with E-state index in [1.807, 2.05) is 30.3 Å². The van der Waals surface area contributed by atoms with Crippen LogP contribution in [0.15, 0.2) is 48.5 Å². The lowest BCUT2D eigenvalue weighted by Gasteiger charge is -2.33. The third-order valence-electron chi connectivity index (χ3n) is 4.49. The monoisotopic (exact) mass is 363 g/mol. The summed E-state index contributed by atoms with van der Waals surface area (Å²) in [6.07, 6.45) is 1.11. The number of hydrogen-bond acceptors (Lipinski definition) is 3. The van der Waals surface area contributed by atoms with Gasteiger partial charge in [-0.1, -0.05) is 47.5 Å². The van der Waals surface area contributed by atoms with Gasteiger partial charge in [-0.25, -0.2) is 0 Å². The molecule has 3 N–H and O–H groups in total. The molecule has 3 nitrogen and oxygen atoms in total. The molecule has 1 saturated heterocycles. The van der Waals surface area contributed by atoms with Gasteiger partial charge >= 0.3 is 0 Å². The third kappa shape index (κ3) is 4.64. The van der Waals surface area contributed by atoms with Gasteiger partial charge in [-0.05, 0) is 42.8 Å². The number of piperidine rings is 1. The van der Waals surface area contributed by atoms with Gasteiger partial charge in [0, 0.05) is 37.3 Å². The standard InChI is InChI=1S/C19H23Cl2N3/c20-17-7-6-14(12-18(17)21)16-13-22-9-8-19(16)24-11-10-23-15-4-2-1-3-5-15/h1-7,12,16,19,22-24H,8-11,13H2. The van der Waals surface area contributed by atoms with Crippen molar-refractivity contribution >= 4 is 28.9 Å². The third-order valence-corrected chi connectivity index (χ3v) is 5.23. The van der Waals surface area contributed by atoms with Crippen molar-refractivity contribution in [3.8, 4) is 0 Å². The molecular weight excluding hydrogens is 341 g/mol. The van der Waals surface area contributed by atoms with Crippen LogP contribution in [-0.2, 0) is 0 Å². The summed E-state index contributed by atoms with van der Waals surface area (Å²) in [5.74, 6) is 0.408. The van der Waals surface area contributed by atoms with Crippen molar-refractivity contribution in [2.75, 3.05) is 31.5 Å². The van der Waals surface area contributed by atoms with E-state index in [1.54, 1.807) is 0 Å². The largest absolute Gasteiger partial charge is 0.384 e. The second kappa shape index (κ2) is 8.72. The number of benzene rings is 2. The highest BCUT2D eigenvalue weighted by atomic mass is 35.5. The van der Waals surface area contributed by atoms with E-state index in [0.29, 0.717) is 22.0 Å². The van der Waals surface area contributed by atoms with Gasteiger partial charge in [-0.15, -0.1) is 0 Å². The van der Waals surface area contributed by atoms with Crippen molar-refractivity contribution in [2.24, 2.45) is 0 Å². The fourth-order valence-electron chi connectivity index (χ4n) is 3.22. The minimum atomic E-state index is 0.408. The molecule has 0 spiro atoms. The Hall–Kier alpha value is -1.26. The average molecular weight is 364 g/mol. The van der Waals surface area contributed by atoms with Crippen LogP contribution >= 0.6 is 23.2 Å². The summed E-state index contributed by atoms with van der Waals surface area (Å²) in [7, 11) is 0. The molecule has 1 aliphatic heterocycles. The van der Waals surface area contributed by atoms with Crippen molar-refractivity contribution in [2.45, 2.75) is 18.4 Å². The van der Waals surface area contributed by atoms with Crippen LogP contribution in [0.3, 0.4) is 0 Å².